The molecule has 3 heterocycles. The predicted octanol–water partition coefficient (Wildman–Crippen LogP) is 4.92. The molecular formula is C22H19ClN4O3. The van der Waals surface area contributed by atoms with Crippen LogP contribution in [0.25, 0.3) is 23.0 Å². The van der Waals surface area contributed by atoms with Crippen molar-refractivity contribution in [2.24, 2.45) is 0 Å². The molecule has 0 aliphatic carbocycles. The molecule has 1 unspecified atom stereocenters. The van der Waals surface area contributed by atoms with Crippen LogP contribution in [0.1, 0.15) is 24.3 Å². The van der Waals surface area contributed by atoms with Crippen molar-refractivity contribution in [2.45, 2.75) is 26.2 Å². The second-order valence-electron chi connectivity index (χ2n) is 6.94. The fraction of sp³-hybridized carbons (Fsp3) is 0.227. The lowest BCUT2D eigenvalue weighted by Gasteiger charge is -2.24. The zero-order valence-corrected chi connectivity index (χ0v) is 17.0. The van der Waals surface area contributed by atoms with Gasteiger partial charge in [0.1, 0.15) is 11.9 Å². The molecule has 0 spiro atoms. The number of hydrogen-bond donors (Lipinski definition) is 0. The van der Waals surface area contributed by atoms with E-state index in [0.29, 0.717) is 42.2 Å². The quantitative estimate of drug-likeness (QED) is 0.454. The molecule has 0 bridgehead atoms. The Morgan fingerprint density at radius 2 is 2.03 bits per heavy atom. The molecule has 152 valence electrons. The van der Waals surface area contributed by atoms with Crippen molar-refractivity contribution in [3.8, 4) is 28.7 Å². The van der Waals surface area contributed by atoms with Gasteiger partial charge in [0.25, 0.3) is 5.89 Å². The maximum absolute atomic E-state index is 6.05. The Labute approximate surface area is 178 Å². The number of benzene rings is 2. The third-order valence-electron chi connectivity index (χ3n) is 4.93. The monoisotopic (exact) mass is 422 g/mol. The molecule has 0 amide bonds. The Morgan fingerprint density at radius 3 is 2.83 bits per heavy atom. The summed E-state index contributed by atoms with van der Waals surface area (Å²) >= 11 is 6.05. The number of halogens is 1. The van der Waals surface area contributed by atoms with Gasteiger partial charge in [-0.25, -0.2) is 0 Å². The van der Waals surface area contributed by atoms with E-state index in [4.69, 9.17) is 25.6 Å². The van der Waals surface area contributed by atoms with Gasteiger partial charge in [-0.2, -0.15) is 10.1 Å². The first kappa shape index (κ1) is 18.8. The predicted molar refractivity (Wildman–Crippen MR) is 111 cm³/mol. The van der Waals surface area contributed by atoms with Crippen LogP contribution in [0.4, 0.5) is 0 Å². The van der Waals surface area contributed by atoms with Gasteiger partial charge in [0.15, 0.2) is 5.69 Å². The van der Waals surface area contributed by atoms with Crippen molar-refractivity contribution in [3.63, 3.8) is 0 Å². The van der Waals surface area contributed by atoms with E-state index in [1.807, 2.05) is 54.1 Å². The summed E-state index contributed by atoms with van der Waals surface area (Å²) in [5, 5.41) is 9.34. The Bertz CT molecular complexity index is 1170. The molecular weight excluding hydrogens is 404 g/mol. The SMILES string of the molecule is CCOc1ccc(C2Cn3nc(-c4nc(-c5cccc(Cl)c5)no4)cc3CO2)cc1. The van der Waals surface area contributed by atoms with Crippen molar-refractivity contribution in [1.82, 2.24) is 19.9 Å². The van der Waals surface area contributed by atoms with Crippen LogP contribution in [0.3, 0.4) is 0 Å². The molecule has 8 heteroatoms. The molecule has 7 nitrogen and oxygen atoms in total. The lowest BCUT2D eigenvalue weighted by Crippen LogP contribution is -2.21. The molecule has 30 heavy (non-hydrogen) atoms. The van der Waals surface area contributed by atoms with Crippen LogP contribution < -0.4 is 4.74 Å². The topological polar surface area (TPSA) is 75.2 Å². The van der Waals surface area contributed by atoms with Gasteiger partial charge in [0.2, 0.25) is 5.82 Å². The molecule has 0 fully saturated rings. The molecule has 2 aromatic heterocycles. The second kappa shape index (κ2) is 7.93. The molecule has 2 aromatic carbocycles. The highest BCUT2D eigenvalue weighted by Gasteiger charge is 2.24. The van der Waals surface area contributed by atoms with E-state index in [1.54, 1.807) is 12.1 Å². The Kier molecular flexibility index (Phi) is 4.98. The maximum atomic E-state index is 6.05. The molecule has 1 atom stereocenters. The molecule has 5 rings (SSSR count). The van der Waals surface area contributed by atoms with Crippen LogP contribution in [0.15, 0.2) is 59.1 Å². The standard InChI is InChI=1S/C22H19ClN4O3/c1-2-28-18-8-6-14(7-9-18)20-12-27-17(13-29-20)11-19(25-27)22-24-21(26-30-22)15-4-3-5-16(23)10-15/h3-11,20H,2,12-13H2,1H3. The van der Waals surface area contributed by atoms with Gasteiger partial charge in [0, 0.05) is 10.6 Å². The fourth-order valence-electron chi connectivity index (χ4n) is 3.45. The molecule has 0 saturated carbocycles. The summed E-state index contributed by atoms with van der Waals surface area (Å²) < 4.78 is 18.9. The van der Waals surface area contributed by atoms with Crippen molar-refractivity contribution in [2.75, 3.05) is 6.61 Å². The van der Waals surface area contributed by atoms with Gasteiger partial charge in [0.05, 0.1) is 25.5 Å². The molecule has 1 aliphatic rings. The summed E-state index contributed by atoms with van der Waals surface area (Å²) in [6, 6.07) is 17.2. The zero-order chi connectivity index (χ0) is 20.5. The smallest absolute Gasteiger partial charge is 0.278 e. The maximum Gasteiger partial charge on any atom is 0.278 e. The van der Waals surface area contributed by atoms with Crippen LogP contribution in [0.2, 0.25) is 5.02 Å². The highest BCUT2D eigenvalue weighted by atomic mass is 35.5. The average Bonchev–Trinajstić information content (AvgIpc) is 3.41. The minimum Gasteiger partial charge on any atom is -0.494 e. The van der Waals surface area contributed by atoms with Gasteiger partial charge < -0.3 is 14.0 Å². The minimum absolute atomic E-state index is 0.0781. The van der Waals surface area contributed by atoms with Crippen LogP contribution in [0, 0.1) is 0 Å². The first-order valence-corrected chi connectivity index (χ1v) is 10.1. The number of nitrogens with zero attached hydrogens (tertiary/aromatic N) is 4. The van der Waals surface area contributed by atoms with Crippen LogP contribution in [-0.4, -0.2) is 26.5 Å². The van der Waals surface area contributed by atoms with Gasteiger partial charge in [-0.05, 0) is 42.8 Å². The van der Waals surface area contributed by atoms with E-state index >= 15 is 0 Å². The van der Waals surface area contributed by atoms with E-state index < -0.39 is 0 Å². The third-order valence-corrected chi connectivity index (χ3v) is 5.16. The number of ether oxygens (including phenoxy) is 2. The number of fused-ring (bicyclic) bond motifs is 1. The lowest BCUT2D eigenvalue weighted by molar-refractivity contribution is -0.00115. The second-order valence-corrected chi connectivity index (χ2v) is 7.37. The van der Waals surface area contributed by atoms with E-state index in [0.717, 1.165) is 22.6 Å². The van der Waals surface area contributed by atoms with Crippen molar-refractivity contribution in [1.29, 1.82) is 0 Å². The average molecular weight is 423 g/mol. The largest absolute Gasteiger partial charge is 0.494 e. The van der Waals surface area contributed by atoms with Crippen LogP contribution >= 0.6 is 11.6 Å². The summed E-state index contributed by atoms with van der Waals surface area (Å²) in [7, 11) is 0. The first-order valence-electron chi connectivity index (χ1n) is 9.70. The Balaban J connectivity index is 1.35. The van der Waals surface area contributed by atoms with Crippen molar-refractivity contribution < 1.29 is 14.0 Å². The Morgan fingerprint density at radius 1 is 1.17 bits per heavy atom. The van der Waals surface area contributed by atoms with E-state index in [1.165, 1.54) is 0 Å². The van der Waals surface area contributed by atoms with E-state index in [9.17, 15) is 0 Å². The fourth-order valence-corrected chi connectivity index (χ4v) is 3.64. The van der Waals surface area contributed by atoms with Gasteiger partial charge in [-0.15, -0.1) is 0 Å². The normalized spacial score (nSPS) is 15.7. The summed E-state index contributed by atoms with van der Waals surface area (Å²) in [4.78, 5) is 4.47. The highest BCUT2D eigenvalue weighted by molar-refractivity contribution is 6.30. The Hall–Kier alpha value is -3.16. The lowest BCUT2D eigenvalue weighted by atomic mass is 10.1. The summed E-state index contributed by atoms with van der Waals surface area (Å²) in [5.74, 6) is 1.69. The first-order chi connectivity index (χ1) is 14.7. The molecule has 0 N–H and O–H groups in total. The molecule has 0 saturated heterocycles. The van der Waals surface area contributed by atoms with E-state index in [-0.39, 0.29) is 6.10 Å². The van der Waals surface area contributed by atoms with Gasteiger partial charge in [-0.1, -0.05) is 41.0 Å². The number of aromatic nitrogens is 4. The number of rotatable bonds is 5. The zero-order valence-electron chi connectivity index (χ0n) is 16.3. The van der Waals surface area contributed by atoms with Crippen LogP contribution in [0.5, 0.6) is 5.75 Å². The third kappa shape index (κ3) is 3.69. The summed E-state index contributed by atoms with van der Waals surface area (Å²) in [6.45, 7) is 3.68. The minimum atomic E-state index is -0.0781. The number of hydrogen-bond acceptors (Lipinski definition) is 6. The van der Waals surface area contributed by atoms with Gasteiger partial charge in [-0.3, -0.25) is 4.68 Å². The molecule has 1 aliphatic heterocycles. The van der Waals surface area contributed by atoms with Crippen molar-refractivity contribution >= 4 is 11.6 Å². The van der Waals surface area contributed by atoms with Crippen molar-refractivity contribution in [3.05, 3.63) is 70.9 Å². The summed E-state index contributed by atoms with van der Waals surface area (Å²) in [6.07, 6.45) is -0.0781. The van der Waals surface area contributed by atoms with E-state index in [2.05, 4.69) is 15.2 Å². The van der Waals surface area contributed by atoms with Gasteiger partial charge >= 0.3 is 0 Å². The summed E-state index contributed by atoms with van der Waals surface area (Å²) in [5.41, 5.74) is 3.47. The molecule has 4 aromatic rings. The molecule has 0 radical (unpaired) electrons. The highest BCUT2D eigenvalue weighted by Crippen LogP contribution is 2.30. The van der Waals surface area contributed by atoms with Crippen LogP contribution in [-0.2, 0) is 17.9 Å².